The minimum absolute atomic E-state index is 0.212. The zero-order chi connectivity index (χ0) is 18.9. The first-order valence-corrected chi connectivity index (χ1v) is 8.95. The fourth-order valence-corrected chi connectivity index (χ4v) is 2.58. The molecule has 27 heavy (non-hydrogen) atoms. The van der Waals surface area contributed by atoms with Gasteiger partial charge in [-0.05, 0) is 48.7 Å². The van der Waals surface area contributed by atoms with E-state index >= 15 is 0 Å². The van der Waals surface area contributed by atoms with E-state index in [1.807, 2.05) is 31.2 Å². The van der Waals surface area contributed by atoms with Gasteiger partial charge >= 0.3 is 0 Å². The van der Waals surface area contributed by atoms with Crippen LogP contribution < -0.4 is 10.6 Å². The molecule has 0 saturated heterocycles. The standard InChI is InChI=1S/C20H23FN6/c1-2-23-20(24-12-11-16-3-7-18(21)8-4-16)25-13-17-5-9-19(10-6-17)27-15-22-14-26-27/h3-10,14-15H,2,11-13H2,1H3,(H2,23,24,25). The molecule has 1 aromatic heterocycles. The lowest BCUT2D eigenvalue weighted by atomic mass is 10.1. The highest BCUT2D eigenvalue weighted by Gasteiger charge is 2.00. The number of aliphatic imine (C=N–C) groups is 1. The van der Waals surface area contributed by atoms with Crippen molar-refractivity contribution < 1.29 is 4.39 Å². The number of halogens is 1. The lowest BCUT2D eigenvalue weighted by Gasteiger charge is -2.11. The molecule has 0 radical (unpaired) electrons. The summed E-state index contributed by atoms with van der Waals surface area (Å²) in [6, 6.07) is 14.6. The topological polar surface area (TPSA) is 67.1 Å². The fourth-order valence-electron chi connectivity index (χ4n) is 2.58. The van der Waals surface area contributed by atoms with Crippen molar-refractivity contribution in [1.82, 2.24) is 25.4 Å². The van der Waals surface area contributed by atoms with Crippen molar-refractivity contribution in [2.24, 2.45) is 4.99 Å². The maximum Gasteiger partial charge on any atom is 0.191 e. The second-order valence-corrected chi connectivity index (χ2v) is 6.00. The van der Waals surface area contributed by atoms with E-state index in [4.69, 9.17) is 0 Å². The molecular weight excluding hydrogens is 343 g/mol. The minimum atomic E-state index is -0.212. The summed E-state index contributed by atoms with van der Waals surface area (Å²) in [4.78, 5) is 8.57. The third-order valence-corrected chi connectivity index (χ3v) is 4.00. The highest BCUT2D eigenvalue weighted by Crippen LogP contribution is 2.09. The van der Waals surface area contributed by atoms with E-state index in [1.165, 1.54) is 18.5 Å². The number of hydrogen-bond donors (Lipinski definition) is 2. The SMILES string of the molecule is CCNC(=NCc1ccc(-n2cncn2)cc1)NCCc1ccc(F)cc1. The van der Waals surface area contributed by atoms with Crippen LogP contribution >= 0.6 is 0 Å². The second-order valence-electron chi connectivity index (χ2n) is 6.00. The number of nitrogens with zero attached hydrogens (tertiary/aromatic N) is 4. The second kappa shape index (κ2) is 9.47. The van der Waals surface area contributed by atoms with Gasteiger partial charge in [0.25, 0.3) is 0 Å². The Hall–Kier alpha value is -3.22. The zero-order valence-electron chi connectivity index (χ0n) is 15.3. The summed E-state index contributed by atoms with van der Waals surface area (Å²) in [6.07, 6.45) is 3.98. The van der Waals surface area contributed by atoms with E-state index in [9.17, 15) is 4.39 Å². The Labute approximate surface area is 158 Å². The molecule has 0 aliphatic heterocycles. The van der Waals surface area contributed by atoms with Crippen LogP contribution in [0.4, 0.5) is 4.39 Å². The van der Waals surface area contributed by atoms with E-state index < -0.39 is 0 Å². The van der Waals surface area contributed by atoms with Gasteiger partial charge in [0, 0.05) is 13.1 Å². The highest BCUT2D eigenvalue weighted by atomic mass is 19.1. The number of guanidine groups is 1. The van der Waals surface area contributed by atoms with Gasteiger partial charge in [-0.2, -0.15) is 5.10 Å². The summed E-state index contributed by atoms with van der Waals surface area (Å²) >= 11 is 0. The van der Waals surface area contributed by atoms with Crippen LogP contribution in [0.15, 0.2) is 66.2 Å². The normalized spacial score (nSPS) is 11.4. The molecule has 0 aliphatic carbocycles. The quantitative estimate of drug-likeness (QED) is 0.498. The van der Waals surface area contributed by atoms with Crippen LogP contribution in [-0.2, 0) is 13.0 Å². The first kappa shape index (κ1) is 18.6. The summed E-state index contributed by atoms with van der Waals surface area (Å²) in [5.41, 5.74) is 3.16. The molecule has 0 atom stereocenters. The number of benzene rings is 2. The van der Waals surface area contributed by atoms with Gasteiger partial charge in [-0.1, -0.05) is 24.3 Å². The van der Waals surface area contributed by atoms with Gasteiger partial charge in [-0.25, -0.2) is 19.0 Å². The molecule has 0 fully saturated rings. The van der Waals surface area contributed by atoms with Crippen molar-refractivity contribution in [3.63, 3.8) is 0 Å². The summed E-state index contributed by atoms with van der Waals surface area (Å²) in [6.45, 7) is 4.12. The molecule has 6 nitrogen and oxygen atoms in total. The minimum Gasteiger partial charge on any atom is -0.357 e. The van der Waals surface area contributed by atoms with Crippen LogP contribution in [0.25, 0.3) is 5.69 Å². The molecule has 0 spiro atoms. The van der Waals surface area contributed by atoms with Crippen LogP contribution in [-0.4, -0.2) is 33.8 Å². The van der Waals surface area contributed by atoms with Gasteiger partial charge in [0.1, 0.15) is 18.5 Å². The molecule has 7 heteroatoms. The first-order chi connectivity index (χ1) is 13.2. The van der Waals surface area contributed by atoms with Gasteiger partial charge < -0.3 is 10.6 Å². The van der Waals surface area contributed by atoms with Crippen molar-refractivity contribution in [3.8, 4) is 5.69 Å². The fraction of sp³-hybridized carbons (Fsp3) is 0.250. The molecule has 2 aromatic carbocycles. The summed E-state index contributed by atoms with van der Waals surface area (Å²) < 4.78 is 14.7. The maximum absolute atomic E-state index is 13.0. The predicted molar refractivity (Wildman–Crippen MR) is 104 cm³/mol. The zero-order valence-corrected chi connectivity index (χ0v) is 15.3. The van der Waals surface area contributed by atoms with Crippen LogP contribution in [0.3, 0.4) is 0 Å². The Morgan fingerprint density at radius 1 is 1.04 bits per heavy atom. The van der Waals surface area contributed by atoms with Crippen molar-refractivity contribution in [1.29, 1.82) is 0 Å². The average Bonchev–Trinajstić information content (AvgIpc) is 3.23. The molecule has 1 heterocycles. The third kappa shape index (κ3) is 5.64. The van der Waals surface area contributed by atoms with Crippen molar-refractivity contribution in [2.45, 2.75) is 19.9 Å². The Balaban J connectivity index is 1.54. The van der Waals surface area contributed by atoms with E-state index in [1.54, 1.807) is 23.1 Å². The molecule has 3 aromatic rings. The van der Waals surface area contributed by atoms with Crippen molar-refractivity contribution in [2.75, 3.05) is 13.1 Å². The third-order valence-electron chi connectivity index (χ3n) is 4.00. The molecule has 0 unspecified atom stereocenters. The number of nitrogens with one attached hydrogen (secondary N) is 2. The van der Waals surface area contributed by atoms with Gasteiger partial charge in [0.05, 0.1) is 12.2 Å². The smallest absolute Gasteiger partial charge is 0.191 e. The Morgan fingerprint density at radius 2 is 1.78 bits per heavy atom. The van der Waals surface area contributed by atoms with E-state index in [0.29, 0.717) is 6.54 Å². The predicted octanol–water partition coefficient (Wildman–Crippen LogP) is 2.70. The average molecular weight is 366 g/mol. The molecule has 0 saturated carbocycles. The van der Waals surface area contributed by atoms with Gasteiger partial charge in [-0.15, -0.1) is 0 Å². The van der Waals surface area contributed by atoms with Crippen molar-refractivity contribution >= 4 is 5.96 Å². The van der Waals surface area contributed by atoms with E-state index in [-0.39, 0.29) is 5.82 Å². The maximum atomic E-state index is 13.0. The number of rotatable bonds is 7. The molecule has 140 valence electrons. The number of hydrogen-bond acceptors (Lipinski definition) is 3. The van der Waals surface area contributed by atoms with Crippen LogP contribution in [0.2, 0.25) is 0 Å². The largest absolute Gasteiger partial charge is 0.357 e. The monoisotopic (exact) mass is 366 g/mol. The van der Waals surface area contributed by atoms with E-state index in [2.05, 4.69) is 25.7 Å². The molecule has 3 rings (SSSR count). The van der Waals surface area contributed by atoms with Crippen molar-refractivity contribution in [3.05, 3.63) is 78.1 Å². The number of aromatic nitrogens is 3. The van der Waals surface area contributed by atoms with Gasteiger partial charge in [0.2, 0.25) is 0 Å². The lowest BCUT2D eigenvalue weighted by Crippen LogP contribution is -2.38. The molecule has 0 amide bonds. The summed E-state index contributed by atoms with van der Waals surface area (Å²) in [5.74, 6) is 0.552. The molecule has 0 aliphatic rings. The van der Waals surface area contributed by atoms with E-state index in [0.717, 1.165) is 42.3 Å². The van der Waals surface area contributed by atoms with Crippen LogP contribution in [0.5, 0.6) is 0 Å². The summed E-state index contributed by atoms with van der Waals surface area (Å²) in [7, 11) is 0. The summed E-state index contributed by atoms with van der Waals surface area (Å²) in [5, 5.41) is 10.7. The van der Waals surface area contributed by atoms with Gasteiger partial charge in [0.15, 0.2) is 5.96 Å². The van der Waals surface area contributed by atoms with Crippen LogP contribution in [0.1, 0.15) is 18.1 Å². The molecular formula is C20H23FN6. The Kier molecular flexibility index (Phi) is 6.51. The highest BCUT2D eigenvalue weighted by molar-refractivity contribution is 5.79. The van der Waals surface area contributed by atoms with Gasteiger partial charge in [-0.3, -0.25) is 0 Å². The Morgan fingerprint density at radius 3 is 2.44 bits per heavy atom. The van der Waals surface area contributed by atoms with Crippen LogP contribution in [0, 0.1) is 5.82 Å². The first-order valence-electron chi connectivity index (χ1n) is 8.95. The molecule has 0 bridgehead atoms. The molecule has 2 N–H and O–H groups in total. The Bertz CT molecular complexity index is 841. The lowest BCUT2D eigenvalue weighted by molar-refractivity contribution is 0.626.